The van der Waals surface area contributed by atoms with Gasteiger partial charge in [-0.25, -0.2) is 0 Å². The topological polar surface area (TPSA) is 33.7 Å². The number of hydrogen-bond donors (Lipinski definition) is 1. The van der Waals surface area contributed by atoms with E-state index in [1.165, 1.54) is 5.56 Å². The molecule has 19 heavy (non-hydrogen) atoms. The van der Waals surface area contributed by atoms with Crippen molar-refractivity contribution in [3.63, 3.8) is 0 Å². The molecule has 0 bridgehead atoms. The second-order valence-electron chi connectivity index (χ2n) is 5.04. The molecule has 0 amide bonds. The highest BCUT2D eigenvalue weighted by Gasteiger charge is 2.14. The van der Waals surface area contributed by atoms with Crippen LogP contribution in [0.2, 0.25) is 0 Å². The summed E-state index contributed by atoms with van der Waals surface area (Å²) in [4.78, 5) is 2.32. The van der Waals surface area contributed by atoms with Crippen molar-refractivity contribution in [2.24, 2.45) is 0 Å². The Morgan fingerprint density at radius 3 is 3.00 bits per heavy atom. The lowest BCUT2D eigenvalue weighted by molar-refractivity contribution is 0.0183. The van der Waals surface area contributed by atoms with Crippen LogP contribution in [0.1, 0.15) is 12.0 Å². The van der Waals surface area contributed by atoms with Gasteiger partial charge in [-0.2, -0.15) is 0 Å². The summed E-state index contributed by atoms with van der Waals surface area (Å²) in [7, 11) is 3.86. The molecule has 1 heterocycles. The first-order chi connectivity index (χ1) is 9.29. The van der Waals surface area contributed by atoms with E-state index in [0.717, 1.165) is 45.0 Å². The fourth-order valence-electron chi connectivity index (χ4n) is 2.37. The standard InChI is InChI=1S/C15H24N2O2/c1-17(9-7-14-11-16-8-10-19-14)12-13-5-3-4-6-15(13)18-2/h3-6,14,16H,7-12H2,1-2H3. The molecule has 1 unspecified atom stereocenters. The highest BCUT2D eigenvalue weighted by Crippen LogP contribution is 2.18. The van der Waals surface area contributed by atoms with Crippen molar-refractivity contribution >= 4 is 0 Å². The normalized spacial score (nSPS) is 19.6. The number of hydrogen-bond acceptors (Lipinski definition) is 4. The summed E-state index contributed by atoms with van der Waals surface area (Å²) in [5.74, 6) is 0.963. The molecule has 1 atom stereocenters. The Hall–Kier alpha value is -1.10. The Labute approximate surface area is 115 Å². The van der Waals surface area contributed by atoms with E-state index in [2.05, 4.69) is 29.4 Å². The Bertz CT molecular complexity index is 378. The van der Waals surface area contributed by atoms with Gasteiger partial charge in [-0.1, -0.05) is 18.2 Å². The van der Waals surface area contributed by atoms with Crippen molar-refractivity contribution in [2.75, 3.05) is 40.4 Å². The molecular weight excluding hydrogens is 240 g/mol. The van der Waals surface area contributed by atoms with Gasteiger partial charge < -0.3 is 19.7 Å². The minimum atomic E-state index is 0.355. The summed E-state index contributed by atoms with van der Waals surface area (Å²) in [6.07, 6.45) is 1.42. The zero-order valence-electron chi connectivity index (χ0n) is 11.9. The number of ether oxygens (including phenoxy) is 2. The molecule has 1 aliphatic heterocycles. The summed E-state index contributed by atoms with van der Waals surface area (Å²) >= 11 is 0. The summed E-state index contributed by atoms with van der Waals surface area (Å²) in [6, 6.07) is 8.19. The van der Waals surface area contributed by atoms with E-state index in [4.69, 9.17) is 9.47 Å². The van der Waals surface area contributed by atoms with Gasteiger partial charge in [0.05, 0.1) is 19.8 Å². The van der Waals surface area contributed by atoms with Crippen LogP contribution in [0.4, 0.5) is 0 Å². The average molecular weight is 264 g/mol. The Kier molecular flexibility index (Phi) is 5.63. The molecule has 1 fully saturated rings. The van der Waals surface area contributed by atoms with E-state index in [1.807, 2.05) is 12.1 Å². The van der Waals surface area contributed by atoms with E-state index in [9.17, 15) is 0 Å². The van der Waals surface area contributed by atoms with Gasteiger partial charge in [0, 0.05) is 31.7 Å². The van der Waals surface area contributed by atoms with Crippen LogP contribution < -0.4 is 10.1 Å². The summed E-state index contributed by atoms with van der Waals surface area (Å²) in [5.41, 5.74) is 1.23. The molecule has 0 radical (unpaired) electrons. The first kappa shape index (κ1) is 14.3. The van der Waals surface area contributed by atoms with E-state index >= 15 is 0 Å². The maximum atomic E-state index is 5.71. The van der Waals surface area contributed by atoms with Gasteiger partial charge in [-0.05, 0) is 19.5 Å². The number of morpholine rings is 1. The SMILES string of the molecule is COc1ccccc1CN(C)CCC1CNCCO1. The average Bonchev–Trinajstić information content (AvgIpc) is 2.47. The molecular formula is C15H24N2O2. The highest BCUT2D eigenvalue weighted by atomic mass is 16.5. The van der Waals surface area contributed by atoms with Crippen LogP contribution >= 0.6 is 0 Å². The Morgan fingerprint density at radius 1 is 1.42 bits per heavy atom. The van der Waals surface area contributed by atoms with E-state index in [0.29, 0.717) is 6.10 Å². The quantitative estimate of drug-likeness (QED) is 0.844. The molecule has 1 aliphatic rings. The van der Waals surface area contributed by atoms with E-state index in [-0.39, 0.29) is 0 Å². The molecule has 2 rings (SSSR count). The fourth-order valence-corrected chi connectivity index (χ4v) is 2.37. The van der Waals surface area contributed by atoms with Gasteiger partial charge in [-0.3, -0.25) is 0 Å². The summed E-state index contributed by atoms with van der Waals surface area (Å²) < 4.78 is 11.1. The van der Waals surface area contributed by atoms with Gasteiger partial charge in [0.2, 0.25) is 0 Å². The summed E-state index contributed by atoms with van der Waals surface area (Å²) in [5, 5.41) is 3.36. The number of rotatable bonds is 6. The number of methoxy groups -OCH3 is 1. The van der Waals surface area contributed by atoms with Crippen molar-refractivity contribution in [2.45, 2.75) is 19.1 Å². The molecule has 4 heteroatoms. The molecule has 0 saturated carbocycles. The molecule has 4 nitrogen and oxygen atoms in total. The van der Waals surface area contributed by atoms with Gasteiger partial charge in [0.15, 0.2) is 0 Å². The number of nitrogens with one attached hydrogen (secondary N) is 1. The molecule has 1 aromatic rings. The van der Waals surface area contributed by atoms with Gasteiger partial charge in [0.1, 0.15) is 5.75 Å². The van der Waals surface area contributed by atoms with Gasteiger partial charge in [-0.15, -0.1) is 0 Å². The lowest BCUT2D eigenvalue weighted by Gasteiger charge is -2.26. The second kappa shape index (κ2) is 7.48. The van der Waals surface area contributed by atoms with Crippen molar-refractivity contribution < 1.29 is 9.47 Å². The first-order valence-corrected chi connectivity index (χ1v) is 6.92. The van der Waals surface area contributed by atoms with Gasteiger partial charge >= 0.3 is 0 Å². The lowest BCUT2D eigenvalue weighted by Crippen LogP contribution is -2.40. The van der Waals surface area contributed by atoms with Crippen LogP contribution in [-0.2, 0) is 11.3 Å². The van der Waals surface area contributed by atoms with Gasteiger partial charge in [0.25, 0.3) is 0 Å². The van der Waals surface area contributed by atoms with Crippen LogP contribution in [0.25, 0.3) is 0 Å². The van der Waals surface area contributed by atoms with E-state index in [1.54, 1.807) is 7.11 Å². The molecule has 106 valence electrons. The molecule has 1 aromatic carbocycles. The predicted molar refractivity (Wildman–Crippen MR) is 76.6 cm³/mol. The molecule has 1 N–H and O–H groups in total. The third-order valence-corrected chi connectivity index (χ3v) is 3.47. The molecule has 0 aliphatic carbocycles. The largest absolute Gasteiger partial charge is 0.496 e. The zero-order chi connectivity index (χ0) is 13.5. The zero-order valence-corrected chi connectivity index (χ0v) is 11.9. The van der Waals surface area contributed by atoms with Crippen LogP contribution in [0.15, 0.2) is 24.3 Å². The summed E-state index contributed by atoms with van der Waals surface area (Å²) in [6.45, 7) is 4.73. The maximum absolute atomic E-state index is 5.71. The lowest BCUT2D eigenvalue weighted by atomic mass is 10.1. The van der Waals surface area contributed by atoms with E-state index < -0.39 is 0 Å². The van der Waals surface area contributed by atoms with Crippen molar-refractivity contribution in [3.05, 3.63) is 29.8 Å². The fraction of sp³-hybridized carbons (Fsp3) is 0.600. The smallest absolute Gasteiger partial charge is 0.123 e. The first-order valence-electron chi connectivity index (χ1n) is 6.92. The van der Waals surface area contributed by atoms with Crippen LogP contribution in [0.5, 0.6) is 5.75 Å². The minimum Gasteiger partial charge on any atom is -0.496 e. The highest BCUT2D eigenvalue weighted by molar-refractivity contribution is 5.32. The number of benzene rings is 1. The third kappa shape index (κ3) is 4.49. The van der Waals surface area contributed by atoms with Crippen molar-refractivity contribution in [1.82, 2.24) is 10.2 Å². The third-order valence-electron chi connectivity index (χ3n) is 3.47. The molecule has 0 aromatic heterocycles. The van der Waals surface area contributed by atoms with Crippen LogP contribution in [0.3, 0.4) is 0 Å². The predicted octanol–water partition coefficient (Wildman–Crippen LogP) is 1.51. The molecule has 1 saturated heterocycles. The van der Waals surface area contributed by atoms with Crippen molar-refractivity contribution in [1.29, 1.82) is 0 Å². The van der Waals surface area contributed by atoms with Crippen LogP contribution in [0, 0.1) is 0 Å². The maximum Gasteiger partial charge on any atom is 0.123 e. The van der Waals surface area contributed by atoms with Crippen molar-refractivity contribution in [3.8, 4) is 5.75 Å². The number of nitrogens with zero attached hydrogens (tertiary/aromatic N) is 1. The minimum absolute atomic E-state index is 0.355. The Morgan fingerprint density at radius 2 is 2.26 bits per heavy atom. The monoisotopic (exact) mass is 264 g/mol. The van der Waals surface area contributed by atoms with Crippen LogP contribution in [-0.4, -0.2) is 51.4 Å². The second-order valence-corrected chi connectivity index (χ2v) is 5.04. The number of para-hydroxylation sites is 1. The Balaban J connectivity index is 1.78. The molecule has 0 spiro atoms.